The predicted octanol–water partition coefficient (Wildman–Crippen LogP) is 13.9. The molecule has 24 atom stereocenters. The first-order valence-electron chi connectivity index (χ1n) is 37.8. The Morgan fingerprint density at radius 3 is 1.11 bits per heavy atom. The monoisotopic (exact) mass is 1290 g/mol. The fraction of sp³-hybridized carbons (Fsp3) is 0.846. The molecule has 15 nitrogen and oxygen atoms in total. The van der Waals surface area contributed by atoms with Crippen LogP contribution < -0.4 is 0 Å². The lowest BCUT2D eigenvalue weighted by atomic mass is 9.50. The van der Waals surface area contributed by atoms with Gasteiger partial charge >= 0.3 is 35.8 Å². The molecule has 0 radical (unpaired) electrons. The molecule has 18 rings (SSSR count). The van der Waals surface area contributed by atoms with E-state index in [0.717, 1.165) is 132 Å². The van der Waals surface area contributed by atoms with E-state index in [2.05, 4.69) is 19.7 Å². The van der Waals surface area contributed by atoms with Gasteiger partial charge in [0.25, 0.3) is 0 Å². The highest BCUT2D eigenvalue weighted by Gasteiger charge is 2.70. The first kappa shape index (κ1) is 64.9. The van der Waals surface area contributed by atoms with Gasteiger partial charge in [-0.3, -0.25) is 14.4 Å². The molecular weight excluding hydrogens is 1180 g/mol. The molecule has 0 saturated heterocycles. The third kappa shape index (κ3) is 12.5. The van der Waals surface area contributed by atoms with Gasteiger partial charge < -0.3 is 42.6 Å². The van der Waals surface area contributed by atoms with E-state index < -0.39 is 0 Å². The summed E-state index contributed by atoms with van der Waals surface area (Å²) >= 11 is 0. The lowest BCUT2D eigenvalue weighted by Gasteiger charge is -2.56. The van der Waals surface area contributed by atoms with Gasteiger partial charge in [0.1, 0.15) is 18.3 Å². The number of fused-ring (bicyclic) bond motifs is 27. The van der Waals surface area contributed by atoms with Crippen molar-refractivity contribution in [3.63, 3.8) is 0 Å². The summed E-state index contributed by atoms with van der Waals surface area (Å²) in [5.41, 5.74) is 1.77. The van der Waals surface area contributed by atoms with Crippen LogP contribution in [0.25, 0.3) is 0 Å². The largest absolute Gasteiger partial charge is 0.459 e. The maximum Gasteiger partial charge on any atom is 0.333 e. The van der Waals surface area contributed by atoms with Crippen molar-refractivity contribution in [1.82, 2.24) is 0 Å². The van der Waals surface area contributed by atoms with Gasteiger partial charge in [-0.1, -0.05) is 58.3 Å². The van der Waals surface area contributed by atoms with E-state index in [4.69, 9.17) is 42.6 Å². The van der Waals surface area contributed by atoms with E-state index in [1.54, 1.807) is 20.8 Å². The van der Waals surface area contributed by atoms with Crippen LogP contribution in [0, 0.1) is 153 Å². The van der Waals surface area contributed by atoms with Crippen molar-refractivity contribution < 1.29 is 71.4 Å². The highest BCUT2D eigenvalue weighted by molar-refractivity contribution is 5.88. The van der Waals surface area contributed by atoms with Gasteiger partial charge in [-0.2, -0.15) is 0 Å². The maximum absolute atomic E-state index is 13.1. The minimum atomic E-state index is -0.266. The van der Waals surface area contributed by atoms with Crippen molar-refractivity contribution in [2.24, 2.45) is 153 Å². The molecule has 0 amide bonds. The molecule has 0 spiro atoms. The molecule has 0 aromatic rings. The Morgan fingerprint density at radius 2 is 0.720 bits per heavy atom. The molecule has 18 aliphatic rings. The summed E-state index contributed by atoms with van der Waals surface area (Å²) in [5, 5.41) is 0. The Morgan fingerprint density at radius 1 is 0.376 bits per heavy atom. The molecule has 0 N–H and O–H groups in total. The molecule has 0 heterocycles. The SMILES string of the molecule is C=C(C)C(=O)OC1CC2CC1C1C3CC(CC3C(=O)OCOC3CCCCC3)C21.C=C(C)C(=O)OC1CC2CC1C1C3CC(CC3C(=O)OCOCC34CC5CC(CC(C5)C3)C4)C21.C=C(C)C(=O)OC1CC2CC1C1C3CC(CC3C(=O)OCOCC3CCCCC3)C21. The van der Waals surface area contributed by atoms with Crippen LogP contribution in [0.2, 0.25) is 0 Å². The molecule has 18 aliphatic carbocycles. The molecule has 0 aromatic heterocycles. The van der Waals surface area contributed by atoms with Crippen molar-refractivity contribution in [2.75, 3.05) is 33.6 Å². The lowest BCUT2D eigenvalue weighted by molar-refractivity contribution is -0.174. The quantitative estimate of drug-likeness (QED) is 0.0280. The van der Waals surface area contributed by atoms with E-state index in [1.165, 1.54) is 89.9 Å². The number of carbonyl (C=O) groups is 6. The number of hydrogen-bond donors (Lipinski definition) is 0. The summed E-state index contributed by atoms with van der Waals surface area (Å²) in [7, 11) is 0. The molecule has 0 aliphatic heterocycles. The van der Waals surface area contributed by atoms with Crippen LogP contribution in [0.3, 0.4) is 0 Å². The van der Waals surface area contributed by atoms with E-state index in [1.807, 2.05) is 0 Å². The average molecular weight is 1290 g/mol. The van der Waals surface area contributed by atoms with Gasteiger partial charge in [-0.05, 0) is 298 Å². The zero-order valence-corrected chi connectivity index (χ0v) is 56.3. The van der Waals surface area contributed by atoms with Crippen LogP contribution in [0.5, 0.6) is 0 Å². The van der Waals surface area contributed by atoms with Crippen LogP contribution in [0.4, 0.5) is 0 Å². The van der Waals surface area contributed by atoms with Crippen LogP contribution in [0.15, 0.2) is 36.5 Å². The minimum Gasteiger partial charge on any atom is -0.459 e. The molecule has 24 unspecified atom stereocenters. The maximum atomic E-state index is 13.1. The van der Waals surface area contributed by atoms with Gasteiger partial charge in [-0.25, -0.2) is 14.4 Å². The minimum absolute atomic E-state index is 0.00578. The molecule has 16 bridgehead atoms. The lowest BCUT2D eigenvalue weighted by Crippen LogP contribution is -2.48. The number of esters is 6. The zero-order chi connectivity index (χ0) is 64.1. The highest BCUT2D eigenvalue weighted by atomic mass is 16.7. The third-order valence-corrected chi connectivity index (χ3v) is 29.3. The summed E-state index contributed by atoms with van der Waals surface area (Å²) in [4.78, 5) is 75.0. The van der Waals surface area contributed by atoms with Crippen LogP contribution in [0.1, 0.15) is 201 Å². The Bertz CT molecular complexity index is 2830. The van der Waals surface area contributed by atoms with E-state index in [0.29, 0.717) is 123 Å². The molecule has 18 fully saturated rings. The van der Waals surface area contributed by atoms with E-state index >= 15 is 0 Å². The summed E-state index contributed by atoms with van der Waals surface area (Å²) in [5.74, 6) is 12.5. The normalized spacial score (nSPS) is 45.4. The molecule has 15 heteroatoms. The van der Waals surface area contributed by atoms with Gasteiger partial charge in [-0.15, -0.1) is 0 Å². The van der Waals surface area contributed by atoms with Crippen molar-refractivity contribution in [2.45, 2.75) is 225 Å². The Labute approximate surface area is 553 Å². The van der Waals surface area contributed by atoms with E-state index in [9.17, 15) is 28.8 Å². The van der Waals surface area contributed by atoms with Crippen LogP contribution >= 0.6 is 0 Å². The molecule has 512 valence electrons. The summed E-state index contributed by atoms with van der Waals surface area (Å²) < 4.78 is 51.8. The highest BCUT2D eigenvalue weighted by Crippen LogP contribution is 2.72. The number of hydrogen-bond acceptors (Lipinski definition) is 15. The van der Waals surface area contributed by atoms with Gasteiger partial charge in [0.2, 0.25) is 0 Å². The molecule has 18 saturated carbocycles. The van der Waals surface area contributed by atoms with Crippen LogP contribution in [-0.2, 0) is 71.4 Å². The van der Waals surface area contributed by atoms with Crippen molar-refractivity contribution >= 4 is 35.8 Å². The van der Waals surface area contributed by atoms with E-state index in [-0.39, 0.29) is 98.4 Å². The van der Waals surface area contributed by atoms with Crippen molar-refractivity contribution in [1.29, 1.82) is 0 Å². The van der Waals surface area contributed by atoms with Crippen LogP contribution in [-0.4, -0.2) is 93.8 Å². The first-order valence-corrected chi connectivity index (χ1v) is 37.8. The Kier molecular flexibility index (Phi) is 18.6. The second-order valence-corrected chi connectivity index (χ2v) is 34.6. The Balaban J connectivity index is 0.000000116. The molecule has 93 heavy (non-hydrogen) atoms. The predicted molar refractivity (Wildman–Crippen MR) is 343 cm³/mol. The standard InChI is InChI=1S/C29H40O5.C25H36O5.C24H34O5/c1-15(2)27(30)34-24-9-20-8-23(24)26-21-6-19(25(20)26)7-22(21)28(31)33-14-32-13-29-10-16-3-17(11-29)5-18(4-16)12-29;1-14(2)24(26)30-21-11-17-10-20(21)23-18-8-16(22(17)23)9-19(18)25(27)29-13-28-12-15-6-4-3-5-7-15;1-13(2)23(25)29-20-11-15-10-19(20)22-17-8-14(21(15)22)9-18(17)24(26)28-12-27-16-6-4-3-5-7-16/h16-26H,1,3-14H2,2H3;15-23H,1,3-13H2,2H3;14-22H,1,3-12H2,2H3. The average Bonchev–Trinajstić information content (AvgIpc) is 1.55. The number of rotatable bonds is 20. The fourth-order valence-electron chi connectivity index (χ4n) is 26.8. The van der Waals surface area contributed by atoms with Gasteiger partial charge in [0.15, 0.2) is 20.4 Å². The second kappa shape index (κ2) is 26.6. The number of carbonyl (C=O) groups excluding carboxylic acids is 6. The van der Waals surface area contributed by atoms with Crippen molar-refractivity contribution in [3.8, 4) is 0 Å². The summed E-state index contributed by atoms with van der Waals surface area (Å²) in [6.45, 7) is 18.1. The topological polar surface area (TPSA) is 185 Å². The smallest absolute Gasteiger partial charge is 0.333 e. The fourth-order valence-corrected chi connectivity index (χ4v) is 26.8. The Hall–Kier alpha value is -4.08. The second-order valence-electron chi connectivity index (χ2n) is 34.6. The first-order chi connectivity index (χ1) is 44.9. The number of ether oxygens (including phenoxy) is 9. The molecular formula is C78H110O15. The van der Waals surface area contributed by atoms with Gasteiger partial charge in [0, 0.05) is 16.7 Å². The van der Waals surface area contributed by atoms with Gasteiger partial charge in [0.05, 0.1) is 37.1 Å². The third-order valence-electron chi connectivity index (χ3n) is 29.3. The molecule has 0 aromatic carbocycles. The zero-order valence-electron chi connectivity index (χ0n) is 56.3. The summed E-state index contributed by atoms with van der Waals surface area (Å²) in [6, 6.07) is 0. The van der Waals surface area contributed by atoms with Crippen molar-refractivity contribution in [3.05, 3.63) is 36.5 Å². The summed E-state index contributed by atoms with van der Waals surface area (Å²) in [6.07, 6.45) is 33.7.